The number of hydrogen-bond acceptors (Lipinski definition) is 6. The van der Waals surface area contributed by atoms with Crippen molar-refractivity contribution in [1.82, 2.24) is 15.1 Å². The van der Waals surface area contributed by atoms with Gasteiger partial charge >= 0.3 is 5.97 Å². The monoisotopic (exact) mass is 400 g/mol. The van der Waals surface area contributed by atoms with Crippen LogP contribution in [0.25, 0.3) is 0 Å². The van der Waals surface area contributed by atoms with Crippen LogP contribution in [0.2, 0.25) is 0 Å². The number of esters is 1. The molecule has 4 rings (SSSR count). The number of nitrogens with zero attached hydrogens (tertiary/aromatic N) is 3. The van der Waals surface area contributed by atoms with E-state index in [-0.39, 0.29) is 23.9 Å². The van der Waals surface area contributed by atoms with Crippen molar-refractivity contribution in [3.05, 3.63) is 28.6 Å². The van der Waals surface area contributed by atoms with E-state index < -0.39 is 0 Å². The summed E-state index contributed by atoms with van der Waals surface area (Å²) in [7, 11) is 0. The van der Waals surface area contributed by atoms with Gasteiger partial charge in [0.15, 0.2) is 0 Å². The molecule has 1 aromatic heterocycles. The molecule has 4 heterocycles. The zero-order chi connectivity index (χ0) is 20.4. The van der Waals surface area contributed by atoms with Crippen LogP contribution in [0.5, 0.6) is 0 Å². The summed E-state index contributed by atoms with van der Waals surface area (Å²) in [4.78, 5) is 29.2. The van der Waals surface area contributed by atoms with E-state index >= 15 is 0 Å². The van der Waals surface area contributed by atoms with Gasteiger partial charge in [0.2, 0.25) is 0 Å². The quantitative estimate of drug-likeness (QED) is 0.756. The molecule has 3 aliphatic rings. The van der Waals surface area contributed by atoms with E-state index in [1.165, 1.54) is 0 Å². The highest BCUT2D eigenvalue weighted by Crippen LogP contribution is 2.37. The third-order valence-corrected chi connectivity index (χ3v) is 6.09. The molecule has 8 nitrogen and oxygen atoms in total. The molecule has 1 saturated heterocycles. The molecule has 0 aromatic carbocycles. The first-order valence-corrected chi connectivity index (χ1v) is 10.3. The highest BCUT2D eigenvalue weighted by atomic mass is 16.5. The smallest absolute Gasteiger partial charge is 0.336 e. The fraction of sp³-hybridized carbons (Fsp3) is 0.619. The van der Waals surface area contributed by atoms with E-state index in [1.807, 2.05) is 18.5 Å². The lowest BCUT2D eigenvalue weighted by Gasteiger charge is -2.36. The van der Waals surface area contributed by atoms with Gasteiger partial charge in [0, 0.05) is 25.5 Å². The Labute approximate surface area is 170 Å². The van der Waals surface area contributed by atoms with Gasteiger partial charge < -0.3 is 14.8 Å². The molecule has 0 aliphatic carbocycles. The number of aliphatic imine (C=N–C) groups is 1. The maximum absolute atomic E-state index is 12.8. The van der Waals surface area contributed by atoms with Crippen LogP contribution in [0, 0.1) is 5.41 Å². The number of amides is 1. The fourth-order valence-electron chi connectivity index (χ4n) is 4.35. The summed E-state index contributed by atoms with van der Waals surface area (Å²) >= 11 is 0. The van der Waals surface area contributed by atoms with Crippen molar-refractivity contribution >= 4 is 17.6 Å². The average molecular weight is 400 g/mol. The molecule has 1 amide bonds. The van der Waals surface area contributed by atoms with Crippen LogP contribution in [0.3, 0.4) is 0 Å². The average Bonchev–Trinajstić information content (AvgIpc) is 3.27. The number of fused-ring (bicyclic) bond motifs is 1. The second kappa shape index (κ2) is 8.10. The molecule has 0 radical (unpaired) electrons. The van der Waals surface area contributed by atoms with Gasteiger partial charge in [0.25, 0.3) is 5.91 Å². The van der Waals surface area contributed by atoms with Crippen molar-refractivity contribution in [2.24, 2.45) is 10.4 Å². The Morgan fingerprint density at radius 3 is 2.86 bits per heavy atom. The number of carbonyl (C=O) groups excluding carboxylic acids is 2. The summed E-state index contributed by atoms with van der Waals surface area (Å²) in [6.07, 6.45) is 5.06. The number of carbonyl (C=O) groups is 2. The zero-order valence-electron chi connectivity index (χ0n) is 17.1. The number of rotatable bonds is 5. The lowest BCUT2D eigenvalue weighted by molar-refractivity contribution is -0.139. The summed E-state index contributed by atoms with van der Waals surface area (Å²) in [5.74, 6) is -0.384. The summed E-state index contributed by atoms with van der Waals surface area (Å²) in [6, 6.07) is 0. The van der Waals surface area contributed by atoms with Crippen LogP contribution in [0.15, 0.2) is 16.6 Å². The lowest BCUT2D eigenvalue weighted by Crippen LogP contribution is -2.40. The highest BCUT2D eigenvalue weighted by Gasteiger charge is 2.39. The minimum atomic E-state index is -0.335. The van der Waals surface area contributed by atoms with Gasteiger partial charge in [-0.2, -0.15) is 5.10 Å². The molecule has 156 valence electrons. The molecule has 3 aliphatic heterocycles. The first-order valence-electron chi connectivity index (χ1n) is 10.3. The van der Waals surface area contributed by atoms with Gasteiger partial charge in [-0.05, 0) is 44.1 Å². The molecule has 8 heteroatoms. The Balaban J connectivity index is 1.51. The molecule has 29 heavy (non-hydrogen) atoms. The molecule has 1 N–H and O–H groups in total. The van der Waals surface area contributed by atoms with E-state index in [0.717, 1.165) is 36.4 Å². The van der Waals surface area contributed by atoms with Crippen LogP contribution >= 0.6 is 0 Å². The molecule has 1 aromatic rings. The second-order valence-electron chi connectivity index (χ2n) is 8.08. The molecule has 0 bridgehead atoms. The summed E-state index contributed by atoms with van der Waals surface area (Å²) in [6.45, 7) is 6.99. The van der Waals surface area contributed by atoms with Crippen molar-refractivity contribution in [3.8, 4) is 0 Å². The normalized spacial score (nSPS) is 20.6. The molecule has 0 unspecified atom stereocenters. The summed E-state index contributed by atoms with van der Waals surface area (Å²) in [5.41, 5.74) is 3.88. The van der Waals surface area contributed by atoms with Gasteiger partial charge in [-0.15, -0.1) is 0 Å². The van der Waals surface area contributed by atoms with Crippen LogP contribution in [0.1, 0.15) is 48.4 Å². The number of allylic oxidation sites excluding steroid dienone is 1. The zero-order valence-corrected chi connectivity index (χ0v) is 17.1. The first kappa shape index (κ1) is 19.8. The van der Waals surface area contributed by atoms with Crippen molar-refractivity contribution in [2.45, 2.75) is 46.1 Å². The predicted molar refractivity (Wildman–Crippen MR) is 107 cm³/mol. The van der Waals surface area contributed by atoms with Crippen LogP contribution in [-0.4, -0.2) is 60.3 Å². The van der Waals surface area contributed by atoms with Gasteiger partial charge in [0.1, 0.15) is 6.61 Å². The van der Waals surface area contributed by atoms with Gasteiger partial charge in [-0.1, -0.05) is 6.92 Å². The number of hydrogen-bond donors (Lipinski definition) is 1. The SMILES string of the molecule is CCc1nn(CCOC(=O)C2=CC(C)=NC2)c2c1C(=O)NCC1(CCOCC1)C2. The minimum Gasteiger partial charge on any atom is -0.460 e. The van der Waals surface area contributed by atoms with Crippen LogP contribution in [0.4, 0.5) is 0 Å². The minimum absolute atomic E-state index is 0.00214. The van der Waals surface area contributed by atoms with Gasteiger partial charge in [-0.25, -0.2) is 4.79 Å². The topological polar surface area (TPSA) is 94.8 Å². The number of ether oxygens (including phenoxy) is 2. The Bertz CT molecular complexity index is 877. The van der Waals surface area contributed by atoms with Crippen LogP contribution in [-0.2, 0) is 33.7 Å². The first-order chi connectivity index (χ1) is 14.0. The predicted octanol–water partition coefficient (Wildman–Crippen LogP) is 1.47. The largest absolute Gasteiger partial charge is 0.460 e. The lowest BCUT2D eigenvalue weighted by atomic mass is 9.76. The van der Waals surface area contributed by atoms with Crippen molar-refractivity contribution in [2.75, 3.05) is 32.9 Å². The molecule has 1 fully saturated rings. The number of nitrogens with one attached hydrogen (secondary N) is 1. The molecule has 0 atom stereocenters. The molecule has 0 saturated carbocycles. The number of aromatic nitrogens is 2. The molecular formula is C21H28N4O4. The maximum Gasteiger partial charge on any atom is 0.336 e. The van der Waals surface area contributed by atoms with E-state index in [1.54, 1.807) is 6.08 Å². The van der Waals surface area contributed by atoms with Gasteiger partial charge in [-0.3, -0.25) is 14.5 Å². The Morgan fingerprint density at radius 1 is 1.38 bits per heavy atom. The standard InChI is InChI=1S/C21H28N4O4/c1-3-16-18-17(11-21(13-23-19(18)26)4-7-28-8-5-21)25(24-16)6-9-29-20(27)15-10-14(2)22-12-15/h10H,3-9,11-13H2,1-2H3,(H,23,26). The highest BCUT2D eigenvalue weighted by molar-refractivity contribution is 6.04. The second-order valence-corrected chi connectivity index (χ2v) is 8.08. The van der Waals surface area contributed by atoms with Crippen LogP contribution < -0.4 is 5.32 Å². The number of aryl methyl sites for hydroxylation is 1. The third kappa shape index (κ3) is 3.99. The van der Waals surface area contributed by atoms with E-state index in [2.05, 4.69) is 15.4 Å². The maximum atomic E-state index is 12.8. The summed E-state index contributed by atoms with van der Waals surface area (Å²) < 4.78 is 12.9. The third-order valence-electron chi connectivity index (χ3n) is 6.09. The molecule has 1 spiro atoms. The van der Waals surface area contributed by atoms with Crippen molar-refractivity contribution in [3.63, 3.8) is 0 Å². The van der Waals surface area contributed by atoms with Crippen molar-refractivity contribution in [1.29, 1.82) is 0 Å². The van der Waals surface area contributed by atoms with Gasteiger partial charge in [0.05, 0.1) is 35.6 Å². The Kier molecular flexibility index (Phi) is 5.54. The van der Waals surface area contributed by atoms with Crippen molar-refractivity contribution < 1.29 is 19.1 Å². The molecular weight excluding hydrogens is 372 g/mol. The van der Waals surface area contributed by atoms with E-state index in [9.17, 15) is 9.59 Å². The van der Waals surface area contributed by atoms with E-state index in [0.29, 0.717) is 50.4 Å². The Morgan fingerprint density at radius 2 is 2.17 bits per heavy atom. The van der Waals surface area contributed by atoms with E-state index in [4.69, 9.17) is 9.47 Å². The Hall–Kier alpha value is -2.48. The summed E-state index contributed by atoms with van der Waals surface area (Å²) in [5, 5.41) is 7.79. The fourth-order valence-corrected chi connectivity index (χ4v) is 4.35.